The lowest BCUT2D eigenvalue weighted by atomic mass is 9.97. The largest absolute Gasteiger partial charge is 0.508 e. The van der Waals surface area contributed by atoms with E-state index in [0.29, 0.717) is 12.2 Å². The predicted octanol–water partition coefficient (Wildman–Crippen LogP) is 4.52. The fourth-order valence-electron chi connectivity index (χ4n) is 2.44. The molecule has 0 saturated heterocycles. The van der Waals surface area contributed by atoms with Crippen molar-refractivity contribution in [2.75, 3.05) is 7.11 Å². The normalized spacial score (nSPS) is 10.1. The second-order valence-electron chi connectivity index (χ2n) is 4.83. The Bertz CT molecular complexity index is 657. The molecule has 0 aliphatic carbocycles. The van der Waals surface area contributed by atoms with Gasteiger partial charge in [0.1, 0.15) is 11.5 Å². The first-order valence-electron chi connectivity index (χ1n) is 6.91. The third kappa shape index (κ3) is 3.16. The number of para-hydroxylation sites is 1. The molecule has 0 aromatic heterocycles. The lowest BCUT2D eigenvalue weighted by molar-refractivity contribution is 0.412. The number of methoxy groups -OCH3 is 1. The van der Waals surface area contributed by atoms with Crippen LogP contribution < -0.4 is 4.74 Å². The molecule has 2 rings (SSSR count). The molecule has 0 atom stereocenters. The van der Waals surface area contributed by atoms with Gasteiger partial charge >= 0.3 is 0 Å². The highest BCUT2D eigenvalue weighted by molar-refractivity contribution is 5.73. The van der Waals surface area contributed by atoms with Crippen LogP contribution in [0.5, 0.6) is 11.5 Å². The Morgan fingerprint density at radius 1 is 1.05 bits per heavy atom. The summed E-state index contributed by atoms with van der Waals surface area (Å²) in [5.74, 6) is 1.15. The van der Waals surface area contributed by atoms with Gasteiger partial charge in [0.05, 0.1) is 7.11 Å². The van der Waals surface area contributed by atoms with Crippen LogP contribution in [0.4, 0.5) is 0 Å². The Balaban J connectivity index is 2.55. The van der Waals surface area contributed by atoms with Gasteiger partial charge in [-0.25, -0.2) is 0 Å². The number of aromatic hydroxyl groups is 1. The smallest absolute Gasteiger partial charge is 0.130 e. The fourth-order valence-corrected chi connectivity index (χ4v) is 2.44. The molecule has 0 unspecified atom stereocenters. The van der Waals surface area contributed by atoms with Crippen molar-refractivity contribution >= 4 is 0 Å². The number of hydrogen-bond acceptors (Lipinski definition) is 2. The van der Waals surface area contributed by atoms with E-state index in [4.69, 9.17) is 4.74 Å². The Kier molecular flexibility index (Phi) is 4.83. The molecule has 2 aromatic carbocycles. The van der Waals surface area contributed by atoms with Crippen molar-refractivity contribution in [1.82, 2.24) is 0 Å². The zero-order chi connectivity index (χ0) is 15.2. The van der Waals surface area contributed by atoms with Gasteiger partial charge < -0.3 is 9.84 Å². The van der Waals surface area contributed by atoms with Gasteiger partial charge in [0.2, 0.25) is 0 Å². The van der Waals surface area contributed by atoms with Crippen molar-refractivity contribution in [1.29, 1.82) is 0 Å². The number of hydrogen-bond donors (Lipinski definition) is 1. The predicted molar refractivity (Wildman–Crippen MR) is 87.9 cm³/mol. The van der Waals surface area contributed by atoms with E-state index < -0.39 is 0 Å². The van der Waals surface area contributed by atoms with Gasteiger partial charge in [-0.3, -0.25) is 0 Å². The van der Waals surface area contributed by atoms with Gasteiger partial charge in [-0.1, -0.05) is 36.4 Å². The summed E-state index contributed by atoms with van der Waals surface area (Å²) in [4.78, 5) is 0. The van der Waals surface area contributed by atoms with Crippen LogP contribution in [0, 0.1) is 0 Å². The molecule has 108 valence electrons. The van der Waals surface area contributed by atoms with Gasteiger partial charge in [0, 0.05) is 5.56 Å². The quantitative estimate of drug-likeness (QED) is 0.788. The third-order valence-corrected chi connectivity index (χ3v) is 3.42. The Morgan fingerprint density at radius 3 is 2.43 bits per heavy atom. The Labute approximate surface area is 126 Å². The molecule has 0 heterocycles. The summed E-state index contributed by atoms with van der Waals surface area (Å²) in [7, 11) is 1.68. The minimum atomic E-state index is 0.292. The maximum absolute atomic E-state index is 9.89. The van der Waals surface area contributed by atoms with Crippen LogP contribution >= 0.6 is 0 Å². The highest BCUT2D eigenvalue weighted by Crippen LogP contribution is 2.35. The molecule has 0 amide bonds. The second-order valence-corrected chi connectivity index (χ2v) is 4.83. The highest BCUT2D eigenvalue weighted by atomic mass is 16.5. The number of benzene rings is 2. The zero-order valence-corrected chi connectivity index (χ0v) is 12.3. The number of rotatable bonds is 6. The lowest BCUT2D eigenvalue weighted by Crippen LogP contribution is -1.94. The van der Waals surface area contributed by atoms with Crippen molar-refractivity contribution in [3.8, 4) is 22.6 Å². The summed E-state index contributed by atoms with van der Waals surface area (Å²) < 4.78 is 5.58. The summed E-state index contributed by atoms with van der Waals surface area (Å²) in [6.45, 7) is 7.51. The van der Waals surface area contributed by atoms with Crippen molar-refractivity contribution in [3.05, 3.63) is 72.8 Å². The molecule has 2 heteroatoms. The van der Waals surface area contributed by atoms with Crippen LogP contribution in [-0.2, 0) is 12.8 Å². The van der Waals surface area contributed by atoms with E-state index in [2.05, 4.69) is 13.2 Å². The first kappa shape index (κ1) is 14.9. The van der Waals surface area contributed by atoms with E-state index >= 15 is 0 Å². The number of ether oxygens (including phenoxy) is 1. The summed E-state index contributed by atoms with van der Waals surface area (Å²) in [5, 5.41) is 9.89. The molecule has 2 aromatic rings. The SMILES string of the molecule is C=CCc1cc(-c2cccc(CC=C)c2OC)ccc1O. The molecule has 1 N–H and O–H groups in total. The maximum atomic E-state index is 9.89. The zero-order valence-electron chi connectivity index (χ0n) is 12.3. The van der Waals surface area contributed by atoms with E-state index in [1.54, 1.807) is 19.3 Å². The molecule has 21 heavy (non-hydrogen) atoms. The monoisotopic (exact) mass is 280 g/mol. The van der Waals surface area contributed by atoms with E-state index in [9.17, 15) is 5.11 Å². The minimum absolute atomic E-state index is 0.292. The van der Waals surface area contributed by atoms with Crippen molar-refractivity contribution in [3.63, 3.8) is 0 Å². The minimum Gasteiger partial charge on any atom is -0.508 e. The van der Waals surface area contributed by atoms with E-state index in [1.807, 2.05) is 36.4 Å². The van der Waals surface area contributed by atoms with Crippen LogP contribution in [-0.4, -0.2) is 12.2 Å². The number of allylic oxidation sites excluding steroid dienone is 2. The number of phenolic OH excluding ortho intramolecular Hbond substituents is 1. The van der Waals surface area contributed by atoms with Crippen LogP contribution in [0.15, 0.2) is 61.7 Å². The molecule has 0 fully saturated rings. The lowest BCUT2D eigenvalue weighted by Gasteiger charge is -2.14. The fraction of sp³-hybridized carbons (Fsp3) is 0.158. The van der Waals surface area contributed by atoms with Gasteiger partial charge in [0.15, 0.2) is 0 Å². The first-order valence-corrected chi connectivity index (χ1v) is 6.91. The van der Waals surface area contributed by atoms with E-state index in [-0.39, 0.29) is 0 Å². The van der Waals surface area contributed by atoms with Crippen LogP contribution in [0.1, 0.15) is 11.1 Å². The van der Waals surface area contributed by atoms with Crippen molar-refractivity contribution in [2.24, 2.45) is 0 Å². The average molecular weight is 280 g/mol. The van der Waals surface area contributed by atoms with Gasteiger partial charge in [0.25, 0.3) is 0 Å². The van der Waals surface area contributed by atoms with Gasteiger partial charge in [-0.05, 0) is 41.7 Å². The molecule has 0 radical (unpaired) electrons. The first-order chi connectivity index (χ1) is 10.2. The van der Waals surface area contributed by atoms with E-state index in [0.717, 1.165) is 34.4 Å². The molecule has 2 nitrogen and oxygen atoms in total. The second kappa shape index (κ2) is 6.80. The Hall–Kier alpha value is -2.48. The van der Waals surface area contributed by atoms with Gasteiger partial charge in [-0.2, -0.15) is 0 Å². The molecule has 0 bridgehead atoms. The van der Waals surface area contributed by atoms with Crippen molar-refractivity contribution in [2.45, 2.75) is 12.8 Å². The molecule has 0 spiro atoms. The number of phenols is 1. The molecule has 0 saturated carbocycles. The molecular formula is C19H20O2. The summed E-state index contributed by atoms with van der Waals surface area (Å²) in [6, 6.07) is 11.7. The Morgan fingerprint density at radius 2 is 1.76 bits per heavy atom. The van der Waals surface area contributed by atoms with Gasteiger partial charge in [-0.15, -0.1) is 13.2 Å². The molecular weight excluding hydrogens is 260 g/mol. The van der Waals surface area contributed by atoms with Crippen molar-refractivity contribution < 1.29 is 9.84 Å². The van der Waals surface area contributed by atoms with Crippen LogP contribution in [0.3, 0.4) is 0 Å². The van der Waals surface area contributed by atoms with Crippen LogP contribution in [0.2, 0.25) is 0 Å². The standard InChI is InChI=1S/C19H20O2/c1-4-7-14-9-6-10-17(19(14)21-3)15-11-12-18(20)16(13-15)8-5-2/h4-6,9-13,20H,1-2,7-8H2,3H3. The highest BCUT2D eigenvalue weighted by Gasteiger charge is 2.11. The van der Waals surface area contributed by atoms with Crippen LogP contribution in [0.25, 0.3) is 11.1 Å². The average Bonchev–Trinajstić information content (AvgIpc) is 2.50. The maximum Gasteiger partial charge on any atom is 0.130 e. The van der Waals surface area contributed by atoms with E-state index in [1.165, 1.54) is 0 Å². The molecule has 0 aliphatic rings. The summed E-state index contributed by atoms with van der Waals surface area (Å²) in [5.41, 5.74) is 4.00. The third-order valence-electron chi connectivity index (χ3n) is 3.42. The molecule has 0 aliphatic heterocycles. The summed E-state index contributed by atoms with van der Waals surface area (Å²) in [6.07, 6.45) is 5.04. The summed E-state index contributed by atoms with van der Waals surface area (Å²) >= 11 is 0. The topological polar surface area (TPSA) is 29.5 Å².